The first-order chi connectivity index (χ1) is 10.0. The number of Topliss-reactive ketones (excluding diaryl/α,β-unsaturated/α-hetero) is 1. The van der Waals surface area contributed by atoms with Crippen molar-refractivity contribution in [1.29, 1.82) is 0 Å². The Morgan fingerprint density at radius 3 is 2.19 bits per heavy atom. The summed E-state index contributed by atoms with van der Waals surface area (Å²) in [4.78, 5) is 47.2. The molecule has 1 saturated heterocycles. The summed E-state index contributed by atoms with van der Waals surface area (Å²) in [6, 6.07) is 6.36. The van der Waals surface area contributed by atoms with Crippen LogP contribution in [0.1, 0.15) is 23.2 Å². The van der Waals surface area contributed by atoms with E-state index in [1.165, 1.54) is 0 Å². The second kappa shape index (κ2) is 6.79. The maximum atomic E-state index is 12.0. The second-order valence-electron chi connectivity index (χ2n) is 4.56. The molecule has 0 radical (unpaired) electrons. The van der Waals surface area contributed by atoms with Crippen LogP contribution in [-0.2, 0) is 14.4 Å². The molecule has 0 saturated carbocycles. The highest BCUT2D eigenvalue weighted by molar-refractivity contribution is 14.1. The summed E-state index contributed by atoms with van der Waals surface area (Å²) in [6.45, 7) is -0.225. The van der Waals surface area contributed by atoms with E-state index in [0.717, 1.165) is 4.90 Å². The van der Waals surface area contributed by atoms with Crippen molar-refractivity contribution in [2.45, 2.75) is 12.8 Å². The Balaban J connectivity index is 2.01. The number of ketones is 1. The number of imide groups is 1. The van der Waals surface area contributed by atoms with Crippen molar-refractivity contribution in [2.24, 2.45) is 0 Å². The van der Waals surface area contributed by atoms with Crippen LogP contribution in [0, 0.1) is 0 Å². The zero-order valence-electron chi connectivity index (χ0n) is 11.1. The van der Waals surface area contributed by atoms with Gasteiger partial charge in [0.1, 0.15) is 0 Å². The van der Waals surface area contributed by atoms with E-state index in [9.17, 15) is 19.2 Å². The van der Waals surface area contributed by atoms with Crippen LogP contribution >= 0.6 is 22.6 Å². The third-order valence-electron chi connectivity index (χ3n) is 3.07. The average molecular weight is 400 g/mol. The summed E-state index contributed by atoms with van der Waals surface area (Å²) in [6.07, 6.45) is 0.348. The van der Waals surface area contributed by atoms with E-state index in [-0.39, 0.29) is 42.9 Å². The Morgan fingerprint density at radius 2 is 1.67 bits per heavy atom. The Bertz CT molecular complexity index is 581. The van der Waals surface area contributed by atoms with Crippen molar-refractivity contribution in [3.05, 3.63) is 29.8 Å². The SMILES string of the molecule is O=C(CI)Nc1ccc(C(=O)CN2C(=O)CCC2=O)cc1. The van der Waals surface area contributed by atoms with Crippen LogP contribution in [0.3, 0.4) is 0 Å². The molecular weight excluding hydrogens is 387 g/mol. The quantitative estimate of drug-likeness (QED) is 0.351. The van der Waals surface area contributed by atoms with Gasteiger partial charge in [0.15, 0.2) is 5.78 Å². The van der Waals surface area contributed by atoms with Crippen LogP contribution < -0.4 is 5.32 Å². The van der Waals surface area contributed by atoms with Gasteiger partial charge in [-0.2, -0.15) is 0 Å². The fraction of sp³-hybridized carbons (Fsp3) is 0.286. The maximum Gasteiger partial charge on any atom is 0.234 e. The molecule has 1 aliphatic rings. The lowest BCUT2D eigenvalue weighted by atomic mass is 10.1. The largest absolute Gasteiger partial charge is 0.325 e. The number of halogens is 1. The van der Waals surface area contributed by atoms with E-state index < -0.39 is 0 Å². The average Bonchev–Trinajstić information content (AvgIpc) is 2.79. The number of alkyl halides is 1. The third-order valence-corrected chi connectivity index (χ3v) is 3.76. The number of likely N-dealkylation sites (tertiary alicyclic amines) is 1. The highest BCUT2D eigenvalue weighted by Crippen LogP contribution is 2.14. The zero-order valence-corrected chi connectivity index (χ0v) is 13.3. The van der Waals surface area contributed by atoms with Crippen LogP contribution in [0.25, 0.3) is 0 Å². The highest BCUT2D eigenvalue weighted by Gasteiger charge is 2.30. The second-order valence-corrected chi connectivity index (χ2v) is 5.32. The monoisotopic (exact) mass is 400 g/mol. The number of anilines is 1. The summed E-state index contributed by atoms with van der Waals surface area (Å²) >= 11 is 1.95. The van der Waals surface area contributed by atoms with Crippen molar-refractivity contribution < 1.29 is 19.2 Å². The zero-order chi connectivity index (χ0) is 15.4. The van der Waals surface area contributed by atoms with Gasteiger partial charge in [-0.3, -0.25) is 24.1 Å². The van der Waals surface area contributed by atoms with E-state index in [4.69, 9.17) is 0 Å². The topological polar surface area (TPSA) is 83.6 Å². The summed E-state index contributed by atoms with van der Waals surface area (Å²) in [5.74, 6) is -1.04. The predicted octanol–water partition coefficient (Wildman–Crippen LogP) is 1.39. The predicted molar refractivity (Wildman–Crippen MR) is 84.2 cm³/mol. The van der Waals surface area contributed by atoms with E-state index >= 15 is 0 Å². The van der Waals surface area contributed by atoms with Crippen molar-refractivity contribution in [1.82, 2.24) is 4.90 Å². The molecule has 1 fully saturated rings. The van der Waals surface area contributed by atoms with Gasteiger partial charge in [0, 0.05) is 24.1 Å². The molecule has 110 valence electrons. The number of rotatable bonds is 5. The first-order valence-electron chi connectivity index (χ1n) is 6.33. The molecule has 21 heavy (non-hydrogen) atoms. The number of carbonyl (C=O) groups excluding carboxylic acids is 4. The van der Waals surface area contributed by atoms with Gasteiger partial charge in [0.05, 0.1) is 11.0 Å². The lowest BCUT2D eigenvalue weighted by Crippen LogP contribution is -2.34. The minimum Gasteiger partial charge on any atom is -0.325 e. The Hall–Kier alpha value is -1.77. The Morgan fingerprint density at radius 1 is 1.10 bits per heavy atom. The molecule has 3 amide bonds. The molecule has 1 aliphatic heterocycles. The van der Waals surface area contributed by atoms with Gasteiger partial charge in [-0.1, -0.05) is 22.6 Å². The van der Waals surface area contributed by atoms with Gasteiger partial charge in [0.25, 0.3) is 0 Å². The molecule has 7 heteroatoms. The number of hydrogen-bond donors (Lipinski definition) is 1. The number of carbonyl (C=O) groups is 4. The van der Waals surface area contributed by atoms with E-state index in [2.05, 4.69) is 5.32 Å². The summed E-state index contributed by atoms with van der Waals surface area (Å²) in [5.41, 5.74) is 0.997. The van der Waals surface area contributed by atoms with Gasteiger partial charge in [-0.25, -0.2) is 0 Å². The number of nitrogens with one attached hydrogen (secondary N) is 1. The molecule has 0 unspecified atom stereocenters. The standard InChI is InChI=1S/C14H13IN2O4/c15-7-12(19)16-10-3-1-9(2-4-10)11(18)8-17-13(20)5-6-14(17)21/h1-4H,5-8H2,(H,16,19). The van der Waals surface area contributed by atoms with Crippen LogP contribution in [-0.4, -0.2) is 39.4 Å². The normalized spacial score (nSPS) is 14.4. The number of benzene rings is 1. The molecule has 1 aromatic rings. The smallest absolute Gasteiger partial charge is 0.234 e. The molecule has 1 aromatic carbocycles. The molecule has 0 bridgehead atoms. The Kier molecular flexibility index (Phi) is 5.05. The van der Waals surface area contributed by atoms with Crippen LogP contribution in [0.15, 0.2) is 24.3 Å². The van der Waals surface area contributed by atoms with Crippen molar-refractivity contribution in [3.8, 4) is 0 Å². The highest BCUT2D eigenvalue weighted by atomic mass is 127. The summed E-state index contributed by atoms with van der Waals surface area (Å²) < 4.78 is 0.345. The molecule has 1 heterocycles. The van der Waals surface area contributed by atoms with Crippen LogP contribution in [0.5, 0.6) is 0 Å². The molecule has 1 N–H and O–H groups in total. The summed E-state index contributed by atoms with van der Waals surface area (Å²) in [5, 5.41) is 2.67. The number of nitrogens with zero attached hydrogens (tertiary/aromatic N) is 1. The molecule has 0 aromatic heterocycles. The maximum absolute atomic E-state index is 12.0. The number of hydrogen-bond acceptors (Lipinski definition) is 4. The van der Waals surface area contributed by atoms with E-state index in [1.54, 1.807) is 24.3 Å². The molecule has 2 rings (SSSR count). The van der Waals surface area contributed by atoms with Gasteiger partial charge in [-0.05, 0) is 24.3 Å². The number of amides is 3. The lowest BCUT2D eigenvalue weighted by molar-refractivity contribution is -0.137. The molecular formula is C14H13IN2O4. The molecule has 0 aliphatic carbocycles. The van der Waals surface area contributed by atoms with Gasteiger partial charge >= 0.3 is 0 Å². The van der Waals surface area contributed by atoms with Crippen molar-refractivity contribution in [3.63, 3.8) is 0 Å². The third kappa shape index (κ3) is 3.87. The van der Waals surface area contributed by atoms with E-state index in [0.29, 0.717) is 15.7 Å². The fourth-order valence-corrected chi connectivity index (χ4v) is 2.16. The molecule has 6 nitrogen and oxygen atoms in total. The minimum absolute atomic E-state index is 0.122. The molecule has 0 atom stereocenters. The van der Waals surface area contributed by atoms with Crippen LogP contribution in [0.2, 0.25) is 0 Å². The first-order valence-corrected chi connectivity index (χ1v) is 7.86. The van der Waals surface area contributed by atoms with Crippen molar-refractivity contribution in [2.75, 3.05) is 16.3 Å². The minimum atomic E-state index is -0.306. The van der Waals surface area contributed by atoms with Crippen molar-refractivity contribution >= 4 is 51.8 Å². The van der Waals surface area contributed by atoms with Gasteiger partial charge in [-0.15, -0.1) is 0 Å². The van der Waals surface area contributed by atoms with Gasteiger partial charge < -0.3 is 5.32 Å². The van der Waals surface area contributed by atoms with E-state index in [1.807, 2.05) is 22.6 Å². The lowest BCUT2D eigenvalue weighted by Gasteiger charge is -2.12. The fourth-order valence-electron chi connectivity index (χ4n) is 1.97. The summed E-state index contributed by atoms with van der Waals surface area (Å²) in [7, 11) is 0. The molecule has 0 spiro atoms. The van der Waals surface area contributed by atoms with Crippen LogP contribution in [0.4, 0.5) is 5.69 Å². The first kappa shape index (κ1) is 15.6. The van der Waals surface area contributed by atoms with Gasteiger partial charge in [0.2, 0.25) is 17.7 Å². The Labute approximate surface area is 135 Å².